The van der Waals surface area contributed by atoms with Gasteiger partial charge in [-0.15, -0.1) is 0 Å². The molecule has 0 saturated carbocycles. The third kappa shape index (κ3) is 8.59. The average Bonchev–Trinajstić information content (AvgIpc) is 2.56. The molecule has 3 amide bonds. The zero-order valence-electron chi connectivity index (χ0n) is 20.6. The number of hydrogen-bond acceptors (Lipinski definition) is 4. The number of nitrogens with one attached hydrogen (secondary N) is 2. The molecule has 7 heteroatoms. The van der Waals surface area contributed by atoms with Crippen LogP contribution < -0.4 is 10.6 Å². The molecular weight excluding hydrogens is 394 g/mol. The van der Waals surface area contributed by atoms with Gasteiger partial charge in [-0.05, 0) is 74.8 Å². The Labute approximate surface area is 186 Å². The van der Waals surface area contributed by atoms with Gasteiger partial charge in [0.2, 0.25) is 11.8 Å². The van der Waals surface area contributed by atoms with Crippen LogP contribution in [0.3, 0.4) is 0 Å². The summed E-state index contributed by atoms with van der Waals surface area (Å²) in [5.41, 5.74) is 0.619. The Morgan fingerprint density at radius 2 is 1.45 bits per heavy atom. The summed E-state index contributed by atoms with van der Waals surface area (Å²) in [5, 5.41) is 5.58. The molecule has 0 aliphatic carbocycles. The van der Waals surface area contributed by atoms with Crippen LogP contribution in [-0.4, -0.2) is 46.0 Å². The van der Waals surface area contributed by atoms with E-state index < -0.39 is 29.3 Å². The van der Waals surface area contributed by atoms with Gasteiger partial charge in [0.15, 0.2) is 0 Å². The van der Waals surface area contributed by atoms with Gasteiger partial charge in [-0.3, -0.25) is 9.59 Å². The van der Waals surface area contributed by atoms with Crippen molar-refractivity contribution >= 4 is 17.9 Å². The number of carbonyl (C=O) groups excluding carboxylic acids is 3. The van der Waals surface area contributed by atoms with Gasteiger partial charge in [-0.2, -0.15) is 0 Å². The number of hydrogen-bond donors (Lipinski definition) is 2. The number of benzene rings is 1. The van der Waals surface area contributed by atoms with E-state index in [4.69, 9.17) is 4.74 Å². The summed E-state index contributed by atoms with van der Waals surface area (Å²) in [7, 11) is 0. The molecule has 7 nitrogen and oxygen atoms in total. The summed E-state index contributed by atoms with van der Waals surface area (Å²) < 4.78 is 5.27. The van der Waals surface area contributed by atoms with E-state index in [1.165, 1.54) is 4.90 Å². The lowest BCUT2D eigenvalue weighted by atomic mass is 9.98. The molecule has 0 aliphatic rings. The number of ether oxygens (including phenoxy) is 1. The fourth-order valence-electron chi connectivity index (χ4n) is 3.07. The summed E-state index contributed by atoms with van der Waals surface area (Å²) in [6, 6.07) is 5.55. The van der Waals surface area contributed by atoms with E-state index in [1.54, 1.807) is 27.7 Å². The van der Waals surface area contributed by atoms with Gasteiger partial charge in [0.05, 0.1) is 0 Å². The standard InChI is InChI=1S/C24H39N3O4/c1-15(2)27(21(29)17(4)25-22(30)31-24(8,9)10)19(20(28)26-23(5,6)7)18-13-11-16(3)12-14-18/h11-15,17,19H,1-10H3,(H,25,30)(H,26,28). The predicted octanol–water partition coefficient (Wildman–Crippen LogP) is 4.10. The van der Waals surface area contributed by atoms with Crippen molar-refractivity contribution in [3.8, 4) is 0 Å². The van der Waals surface area contributed by atoms with Gasteiger partial charge in [0.25, 0.3) is 0 Å². The first kappa shape index (κ1) is 26.5. The summed E-state index contributed by atoms with van der Waals surface area (Å²) in [5.74, 6) is -0.640. The van der Waals surface area contributed by atoms with E-state index in [1.807, 2.05) is 65.8 Å². The Morgan fingerprint density at radius 3 is 1.87 bits per heavy atom. The molecular formula is C24H39N3O4. The van der Waals surface area contributed by atoms with Crippen LogP contribution in [0.2, 0.25) is 0 Å². The molecule has 2 atom stereocenters. The Morgan fingerprint density at radius 1 is 0.935 bits per heavy atom. The molecule has 0 saturated heterocycles. The van der Waals surface area contributed by atoms with E-state index in [0.29, 0.717) is 5.56 Å². The van der Waals surface area contributed by atoms with Gasteiger partial charge in [-0.1, -0.05) is 29.8 Å². The maximum absolute atomic E-state index is 13.4. The molecule has 174 valence electrons. The molecule has 0 aliphatic heterocycles. The third-order valence-electron chi connectivity index (χ3n) is 4.33. The van der Waals surface area contributed by atoms with Crippen molar-refractivity contribution in [1.29, 1.82) is 0 Å². The highest BCUT2D eigenvalue weighted by molar-refractivity contribution is 5.92. The van der Waals surface area contributed by atoms with Crippen LogP contribution in [0.5, 0.6) is 0 Å². The highest BCUT2D eigenvalue weighted by Gasteiger charge is 2.37. The zero-order chi connectivity index (χ0) is 24.1. The summed E-state index contributed by atoms with van der Waals surface area (Å²) >= 11 is 0. The minimum Gasteiger partial charge on any atom is -0.444 e. The highest BCUT2D eigenvalue weighted by Crippen LogP contribution is 2.26. The van der Waals surface area contributed by atoms with Crippen LogP contribution in [0.15, 0.2) is 24.3 Å². The van der Waals surface area contributed by atoms with Crippen LogP contribution in [0, 0.1) is 6.92 Å². The average molecular weight is 434 g/mol. The minimum atomic E-state index is -0.868. The molecule has 0 aromatic heterocycles. The third-order valence-corrected chi connectivity index (χ3v) is 4.33. The molecule has 0 radical (unpaired) electrons. The van der Waals surface area contributed by atoms with Crippen molar-refractivity contribution < 1.29 is 19.1 Å². The Bertz CT molecular complexity index is 773. The van der Waals surface area contributed by atoms with Crippen LogP contribution in [0.25, 0.3) is 0 Å². The van der Waals surface area contributed by atoms with Crippen molar-refractivity contribution in [1.82, 2.24) is 15.5 Å². The molecule has 31 heavy (non-hydrogen) atoms. The summed E-state index contributed by atoms with van der Waals surface area (Å²) in [6.07, 6.45) is -0.678. The van der Waals surface area contributed by atoms with Gasteiger partial charge >= 0.3 is 6.09 Å². The van der Waals surface area contributed by atoms with E-state index in [-0.39, 0.29) is 17.9 Å². The Balaban J connectivity index is 3.29. The molecule has 1 rings (SSSR count). The number of nitrogens with zero attached hydrogens (tertiary/aromatic N) is 1. The fraction of sp³-hybridized carbons (Fsp3) is 0.625. The quantitative estimate of drug-likeness (QED) is 0.707. The second-order valence-corrected chi connectivity index (χ2v) is 10.3. The predicted molar refractivity (Wildman–Crippen MR) is 123 cm³/mol. The monoisotopic (exact) mass is 433 g/mol. The van der Waals surface area contributed by atoms with Gasteiger partial charge in [0.1, 0.15) is 17.7 Å². The van der Waals surface area contributed by atoms with Crippen molar-refractivity contribution in [3.63, 3.8) is 0 Å². The van der Waals surface area contributed by atoms with E-state index in [9.17, 15) is 14.4 Å². The first-order valence-corrected chi connectivity index (χ1v) is 10.7. The summed E-state index contributed by atoms with van der Waals surface area (Å²) in [4.78, 5) is 40.4. The first-order valence-electron chi connectivity index (χ1n) is 10.7. The fourth-order valence-corrected chi connectivity index (χ4v) is 3.07. The second kappa shape index (κ2) is 10.2. The topological polar surface area (TPSA) is 87.7 Å². The summed E-state index contributed by atoms with van der Waals surface area (Å²) in [6.45, 7) is 18.2. The Kier molecular flexibility index (Phi) is 8.67. The van der Waals surface area contributed by atoms with E-state index in [2.05, 4.69) is 10.6 Å². The van der Waals surface area contributed by atoms with Crippen molar-refractivity contribution in [3.05, 3.63) is 35.4 Å². The lowest BCUT2D eigenvalue weighted by Gasteiger charge is -2.37. The lowest BCUT2D eigenvalue weighted by molar-refractivity contribution is -0.144. The van der Waals surface area contributed by atoms with Gasteiger partial charge in [-0.25, -0.2) is 4.79 Å². The van der Waals surface area contributed by atoms with Crippen LogP contribution in [0.4, 0.5) is 4.79 Å². The Hall–Kier alpha value is -2.57. The van der Waals surface area contributed by atoms with Gasteiger partial charge < -0.3 is 20.3 Å². The molecule has 1 aromatic carbocycles. The van der Waals surface area contributed by atoms with Crippen LogP contribution >= 0.6 is 0 Å². The smallest absolute Gasteiger partial charge is 0.408 e. The SMILES string of the molecule is Cc1ccc(C(C(=O)NC(C)(C)C)N(C(=O)C(C)NC(=O)OC(C)(C)C)C(C)C)cc1. The molecule has 0 heterocycles. The number of amides is 3. The normalized spacial score (nSPS) is 13.9. The number of alkyl carbamates (subject to hydrolysis) is 1. The highest BCUT2D eigenvalue weighted by atomic mass is 16.6. The maximum atomic E-state index is 13.4. The largest absolute Gasteiger partial charge is 0.444 e. The van der Waals surface area contributed by atoms with Crippen molar-refractivity contribution in [2.45, 2.75) is 98.5 Å². The van der Waals surface area contributed by atoms with E-state index in [0.717, 1.165) is 5.56 Å². The zero-order valence-corrected chi connectivity index (χ0v) is 20.6. The van der Waals surface area contributed by atoms with Gasteiger partial charge in [0, 0.05) is 11.6 Å². The first-order chi connectivity index (χ1) is 14.0. The maximum Gasteiger partial charge on any atom is 0.408 e. The van der Waals surface area contributed by atoms with Crippen LogP contribution in [0.1, 0.15) is 79.5 Å². The van der Waals surface area contributed by atoms with Crippen molar-refractivity contribution in [2.75, 3.05) is 0 Å². The molecule has 0 spiro atoms. The number of rotatable bonds is 6. The molecule has 1 aromatic rings. The molecule has 2 unspecified atom stereocenters. The number of carbonyl (C=O) groups is 3. The lowest BCUT2D eigenvalue weighted by Crippen LogP contribution is -2.55. The molecule has 2 N–H and O–H groups in total. The number of aryl methyl sites for hydroxylation is 1. The minimum absolute atomic E-state index is 0.275. The van der Waals surface area contributed by atoms with E-state index >= 15 is 0 Å². The van der Waals surface area contributed by atoms with Crippen LogP contribution in [-0.2, 0) is 14.3 Å². The van der Waals surface area contributed by atoms with Crippen molar-refractivity contribution in [2.24, 2.45) is 0 Å². The molecule has 0 fully saturated rings. The second-order valence-electron chi connectivity index (χ2n) is 10.3. The molecule has 0 bridgehead atoms.